The topological polar surface area (TPSA) is 42.3 Å². The summed E-state index contributed by atoms with van der Waals surface area (Å²) in [6.07, 6.45) is 2.68. The van der Waals surface area contributed by atoms with Gasteiger partial charge in [-0.3, -0.25) is 4.68 Å². The molecule has 5 nitrogen and oxygen atoms in total. The molecule has 0 radical (unpaired) electrons. The third-order valence-corrected chi connectivity index (χ3v) is 3.49. The maximum atomic E-state index is 6.25. The number of methoxy groups -OCH3 is 1. The van der Waals surface area contributed by atoms with Gasteiger partial charge in [0.2, 0.25) is 0 Å². The highest BCUT2D eigenvalue weighted by atomic mass is 35.5. The van der Waals surface area contributed by atoms with E-state index in [1.54, 1.807) is 13.3 Å². The summed E-state index contributed by atoms with van der Waals surface area (Å²) in [7, 11) is 5.84. The predicted molar refractivity (Wildman–Crippen MR) is 83.4 cm³/mol. The Morgan fingerprint density at radius 2 is 2.25 bits per heavy atom. The van der Waals surface area contributed by atoms with Gasteiger partial charge in [-0.05, 0) is 33.0 Å². The van der Waals surface area contributed by atoms with Gasteiger partial charge in [-0.25, -0.2) is 0 Å². The fourth-order valence-electron chi connectivity index (χ4n) is 2.00. The van der Waals surface area contributed by atoms with Crippen LogP contribution >= 0.6 is 11.6 Å². The van der Waals surface area contributed by atoms with E-state index < -0.39 is 0 Å². The summed E-state index contributed by atoms with van der Waals surface area (Å²) in [5.41, 5.74) is 1.13. The molecule has 1 aromatic heterocycles. The quantitative estimate of drug-likeness (QED) is 0.665. The van der Waals surface area contributed by atoms with Crippen LogP contribution in [-0.2, 0) is 17.7 Å². The fraction of sp³-hybridized carbons (Fsp3) is 0.786. The first kappa shape index (κ1) is 17.4. The number of hydrogen-bond donors (Lipinski definition) is 1. The minimum absolute atomic E-state index is 0.513. The van der Waals surface area contributed by atoms with Gasteiger partial charge >= 0.3 is 0 Å². The zero-order chi connectivity index (χ0) is 15.0. The molecule has 1 rings (SSSR count). The molecule has 0 amide bonds. The van der Waals surface area contributed by atoms with Crippen LogP contribution in [-0.4, -0.2) is 62.1 Å². The third-order valence-electron chi connectivity index (χ3n) is 3.17. The van der Waals surface area contributed by atoms with Gasteiger partial charge in [0.05, 0.1) is 30.1 Å². The van der Waals surface area contributed by atoms with Crippen LogP contribution in [0, 0.1) is 5.92 Å². The second kappa shape index (κ2) is 9.34. The van der Waals surface area contributed by atoms with Gasteiger partial charge in [-0.15, -0.1) is 0 Å². The van der Waals surface area contributed by atoms with Crippen LogP contribution in [0.2, 0.25) is 5.02 Å². The molecule has 0 bridgehead atoms. The molecule has 0 fully saturated rings. The maximum Gasteiger partial charge on any atom is 0.0817 e. The molecule has 1 unspecified atom stereocenters. The highest BCUT2D eigenvalue weighted by molar-refractivity contribution is 6.31. The van der Waals surface area contributed by atoms with Crippen LogP contribution < -0.4 is 5.32 Å². The Kier molecular flexibility index (Phi) is 8.14. The smallest absolute Gasteiger partial charge is 0.0817 e. The SMILES string of the molecule is COCCNCC(C)Cc1c(Cl)cnn1CCN(C)C. The summed E-state index contributed by atoms with van der Waals surface area (Å²) in [6.45, 7) is 6.64. The van der Waals surface area contributed by atoms with Crippen molar-refractivity contribution < 1.29 is 4.74 Å². The van der Waals surface area contributed by atoms with Gasteiger partial charge in [0.1, 0.15) is 0 Å². The zero-order valence-corrected chi connectivity index (χ0v) is 13.8. The minimum Gasteiger partial charge on any atom is -0.383 e. The van der Waals surface area contributed by atoms with E-state index in [4.69, 9.17) is 16.3 Å². The lowest BCUT2D eigenvalue weighted by molar-refractivity contribution is 0.198. The molecule has 0 saturated heterocycles. The van der Waals surface area contributed by atoms with E-state index in [1.807, 2.05) is 4.68 Å². The van der Waals surface area contributed by atoms with Crippen molar-refractivity contribution in [2.24, 2.45) is 5.92 Å². The van der Waals surface area contributed by atoms with Crippen molar-refractivity contribution in [1.82, 2.24) is 20.0 Å². The van der Waals surface area contributed by atoms with Crippen molar-refractivity contribution >= 4 is 11.6 Å². The molecule has 1 aromatic rings. The molecule has 0 saturated carbocycles. The number of rotatable bonds is 10. The van der Waals surface area contributed by atoms with Crippen LogP contribution in [0.15, 0.2) is 6.20 Å². The summed E-state index contributed by atoms with van der Waals surface area (Å²) < 4.78 is 7.04. The number of aromatic nitrogens is 2. The van der Waals surface area contributed by atoms with Gasteiger partial charge < -0.3 is 15.0 Å². The Hall–Kier alpha value is -0.620. The lowest BCUT2D eigenvalue weighted by Crippen LogP contribution is -2.27. The predicted octanol–water partition coefficient (Wildman–Crippen LogP) is 1.51. The van der Waals surface area contributed by atoms with Crippen molar-refractivity contribution in [3.63, 3.8) is 0 Å². The van der Waals surface area contributed by atoms with E-state index >= 15 is 0 Å². The first-order valence-corrected chi connectivity index (χ1v) is 7.47. The molecular weight excluding hydrogens is 276 g/mol. The summed E-state index contributed by atoms with van der Waals surface area (Å²) >= 11 is 6.25. The Morgan fingerprint density at radius 3 is 2.90 bits per heavy atom. The summed E-state index contributed by atoms with van der Waals surface area (Å²) in [5.74, 6) is 0.513. The Morgan fingerprint density at radius 1 is 1.50 bits per heavy atom. The van der Waals surface area contributed by atoms with Gasteiger partial charge in [0, 0.05) is 20.2 Å². The molecule has 0 aliphatic rings. The van der Waals surface area contributed by atoms with E-state index in [-0.39, 0.29) is 0 Å². The van der Waals surface area contributed by atoms with Crippen LogP contribution in [0.25, 0.3) is 0 Å². The summed E-state index contributed by atoms with van der Waals surface area (Å²) in [4.78, 5) is 2.15. The molecule has 20 heavy (non-hydrogen) atoms. The number of likely N-dealkylation sites (N-methyl/N-ethyl adjacent to an activating group) is 1. The number of nitrogens with one attached hydrogen (secondary N) is 1. The molecule has 0 aromatic carbocycles. The van der Waals surface area contributed by atoms with Crippen LogP contribution in [0.4, 0.5) is 0 Å². The molecule has 0 aliphatic heterocycles. The second-order valence-corrected chi connectivity index (χ2v) is 5.88. The largest absolute Gasteiger partial charge is 0.383 e. The standard InChI is InChI=1S/C14H27ClN4O/c1-12(10-16-5-8-20-4)9-14-13(15)11-17-19(14)7-6-18(2)3/h11-12,16H,5-10H2,1-4H3. The highest BCUT2D eigenvalue weighted by Crippen LogP contribution is 2.18. The Labute approximate surface area is 127 Å². The van der Waals surface area contributed by atoms with Crippen LogP contribution in [0.1, 0.15) is 12.6 Å². The van der Waals surface area contributed by atoms with Crippen molar-refractivity contribution in [3.05, 3.63) is 16.9 Å². The normalized spacial score (nSPS) is 13.1. The molecule has 1 atom stereocenters. The molecule has 116 valence electrons. The molecule has 6 heteroatoms. The number of nitrogens with zero attached hydrogens (tertiary/aromatic N) is 3. The summed E-state index contributed by atoms with van der Waals surface area (Å²) in [5, 5.41) is 8.52. The molecule has 1 N–H and O–H groups in total. The van der Waals surface area contributed by atoms with Crippen LogP contribution in [0.3, 0.4) is 0 Å². The van der Waals surface area contributed by atoms with E-state index in [9.17, 15) is 0 Å². The molecule has 0 aliphatic carbocycles. The minimum atomic E-state index is 0.513. The number of ether oxygens (including phenoxy) is 1. The fourth-order valence-corrected chi connectivity index (χ4v) is 2.22. The molecule has 1 heterocycles. The van der Waals surface area contributed by atoms with E-state index in [2.05, 4.69) is 36.3 Å². The second-order valence-electron chi connectivity index (χ2n) is 5.47. The van der Waals surface area contributed by atoms with Gasteiger partial charge in [-0.1, -0.05) is 18.5 Å². The van der Waals surface area contributed by atoms with Gasteiger partial charge in [-0.2, -0.15) is 5.10 Å². The molecule has 0 spiro atoms. The van der Waals surface area contributed by atoms with E-state index in [0.717, 1.165) is 49.9 Å². The molecular formula is C14H27ClN4O. The first-order chi connectivity index (χ1) is 9.54. The van der Waals surface area contributed by atoms with Crippen molar-refractivity contribution in [1.29, 1.82) is 0 Å². The average Bonchev–Trinajstić information content (AvgIpc) is 2.74. The van der Waals surface area contributed by atoms with E-state index in [1.165, 1.54) is 0 Å². The zero-order valence-electron chi connectivity index (χ0n) is 13.0. The lowest BCUT2D eigenvalue weighted by atomic mass is 10.1. The van der Waals surface area contributed by atoms with Gasteiger partial charge in [0.15, 0.2) is 0 Å². The van der Waals surface area contributed by atoms with Crippen LogP contribution in [0.5, 0.6) is 0 Å². The van der Waals surface area contributed by atoms with Crippen molar-refractivity contribution in [2.45, 2.75) is 19.9 Å². The Bertz CT molecular complexity index is 381. The lowest BCUT2D eigenvalue weighted by Gasteiger charge is -2.16. The first-order valence-electron chi connectivity index (χ1n) is 7.09. The number of hydrogen-bond acceptors (Lipinski definition) is 4. The summed E-state index contributed by atoms with van der Waals surface area (Å²) in [6, 6.07) is 0. The van der Waals surface area contributed by atoms with Crippen molar-refractivity contribution in [3.8, 4) is 0 Å². The monoisotopic (exact) mass is 302 g/mol. The third kappa shape index (κ3) is 6.22. The number of halogens is 1. The van der Waals surface area contributed by atoms with Crippen molar-refractivity contribution in [2.75, 3.05) is 47.4 Å². The highest BCUT2D eigenvalue weighted by Gasteiger charge is 2.13. The maximum absolute atomic E-state index is 6.25. The van der Waals surface area contributed by atoms with E-state index in [0.29, 0.717) is 5.92 Å². The Balaban J connectivity index is 2.46. The average molecular weight is 303 g/mol. The van der Waals surface area contributed by atoms with Gasteiger partial charge in [0.25, 0.3) is 0 Å².